The van der Waals surface area contributed by atoms with Crippen LogP contribution in [0.4, 0.5) is 0 Å². The Bertz CT molecular complexity index is 578. The van der Waals surface area contributed by atoms with Gasteiger partial charge < -0.3 is 0 Å². The molecule has 0 saturated heterocycles. The third-order valence-electron chi connectivity index (χ3n) is 2.02. The van der Waals surface area contributed by atoms with Crippen molar-refractivity contribution in [2.24, 2.45) is 5.14 Å². The van der Waals surface area contributed by atoms with Gasteiger partial charge in [-0.2, -0.15) is 5.21 Å². The summed E-state index contributed by atoms with van der Waals surface area (Å²) >= 11 is 0. The number of benzene rings is 1. The molecule has 0 fully saturated rings. The molecule has 0 spiro atoms. The number of tetrazole rings is 1. The van der Waals surface area contributed by atoms with Crippen LogP contribution in [0.15, 0.2) is 29.2 Å². The molecule has 1 aromatic carbocycles. The molecule has 7 nitrogen and oxygen atoms in total. The van der Waals surface area contributed by atoms with Crippen LogP contribution in [-0.4, -0.2) is 29.0 Å². The summed E-state index contributed by atoms with van der Waals surface area (Å²) in [6.45, 7) is 0. The number of nitrogens with two attached hydrogens (primary N) is 1. The van der Waals surface area contributed by atoms with E-state index in [1.54, 1.807) is 18.2 Å². The second-order valence-corrected chi connectivity index (χ2v) is 4.69. The SMILES string of the molecule is NS(=O)(=O)c1ccccc1Cc1nn[nH]n1. The molecule has 0 unspecified atom stereocenters. The Kier molecular flexibility index (Phi) is 2.67. The Morgan fingerprint density at radius 1 is 1.31 bits per heavy atom. The molecule has 16 heavy (non-hydrogen) atoms. The van der Waals surface area contributed by atoms with E-state index in [9.17, 15) is 8.42 Å². The topological polar surface area (TPSA) is 115 Å². The van der Waals surface area contributed by atoms with Crippen molar-refractivity contribution in [1.29, 1.82) is 0 Å². The molecule has 1 aromatic heterocycles. The maximum atomic E-state index is 11.3. The van der Waals surface area contributed by atoms with E-state index < -0.39 is 10.0 Å². The quantitative estimate of drug-likeness (QED) is 0.744. The molecule has 2 aromatic rings. The zero-order valence-corrected chi connectivity index (χ0v) is 8.98. The first-order valence-corrected chi connectivity index (χ1v) is 5.95. The number of hydrogen-bond acceptors (Lipinski definition) is 5. The van der Waals surface area contributed by atoms with E-state index >= 15 is 0 Å². The van der Waals surface area contributed by atoms with Gasteiger partial charge in [0, 0.05) is 6.42 Å². The molecule has 0 atom stereocenters. The lowest BCUT2D eigenvalue weighted by Crippen LogP contribution is -2.14. The summed E-state index contributed by atoms with van der Waals surface area (Å²) < 4.78 is 22.6. The molecule has 1 heterocycles. The fraction of sp³-hybridized carbons (Fsp3) is 0.125. The number of sulfonamides is 1. The molecule has 0 radical (unpaired) electrons. The highest BCUT2D eigenvalue weighted by atomic mass is 32.2. The summed E-state index contributed by atoms with van der Waals surface area (Å²) in [7, 11) is -3.72. The van der Waals surface area contributed by atoms with Crippen LogP contribution < -0.4 is 5.14 Å². The van der Waals surface area contributed by atoms with Crippen molar-refractivity contribution in [3.63, 3.8) is 0 Å². The highest BCUT2D eigenvalue weighted by Crippen LogP contribution is 2.15. The van der Waals surface area contributed by atoms with Gasteiger partial charge in [0.05, 0.1) is 4.90 Å². The molecule has 0 bridgehead atoms. The van der Waals surface area contributed by atoms with Crippen molar-refractivity contribution >= 4 is 10.0 Å². The predicted octanol–water partition coefficient (Wildman–Crippen LogP) is -0.562. The van der Waals surface area contributed by atoms with Gasteiger partial charge in [-0.15, -0.1) is 10.2 Å². The molecule has 0 aliphatic carbocycles. The number of H-pyrrole nitrogens is 1. The van der Waals surface area contributed by atoms with Gasteiger partial charge in [0.1, 0.15) is 0 Å². The Labute approximate surface area is 91.7 Å². The normalized spacial score (nSPS) is 11.6. The summed E-state index contributed by atoms with van der Waals surface area (Å²) in [6, 6.07) is 6.45. The van der Waals surface area contributed by atoms with Crippen molar-refractivity contribution in [3.8, 4) is 0 Å². The van der Waals surface area contributed by atoms with Crippen LogP contribution in [0.1, 0.15) is 11.4 Å². The summed E-state index contributed by atoms with van der Waals surface area (Å²) in [5.41, 5.74) is 0.548. The minimum atomic E-state index is -3.72. The summed E-state index contributed by atoms with van der Waals surface area (Å²) in [5, 5.41) is 18.3. The minimum Gasteiger partial charge on any atom is -0.225 e. The number of nitrogens with zero attached hydrogens (tertiary/aromatic N) is 3. The number of aromatic amines is 1. The average molecular weight is 239 g/mol. The number of aromatic nitrogens is 4. The molecule has 84 valence electrons. The first-order valence-electron chi connectivity index (χ1n) is 4.40. The van der Waals surface area contributed by atoms with Crippen molar-refractivity contribution in [3.05, 3.63) is 35.7 Å². The second-order valence-electron chi connectivity index (χ2n) is 3.16. The van der Waals surface area contributed by atoms with Gasteiger partial charge in [-0.25, -0.2) is 13.6 Å². The monoisotopic (exact) mass is 239 g/mol. The van der Waals surface area contributed by atoms with Gasteiger partial charge in [-0.3, -0.25) is 0 Å². The van der Waals surface area contributed by atoms with E-state index in [0.29, 0.717) is 11.4 Å². The van der Waals surface area contributed by atoms with Crippen LogP contribution in [0.2, 0.25) is 0 Å². The molecule has 0 amide bonds. The van der Waals surface area contributed by atoms with Crippen molar-refractivity contribution in [1.82, 2.24) is 20.6 Å². The lowest BCUT2D eigenvalue weighted by molar-refractivity contribution is 0.597. The fourth-order valence-electron chi connectivity index (χ4n) is 1.36. The van der Waals surface area contributed by atoms with Gasteiger partial charge in [0.2, 0.25) is 10.0 Å². The maximum absolute atomic E-state index is 11.3. The highest BCUT2D eigenvalue weighted by Gasteiger charge is 2.14. The van der Waals surface area contributed by atoms with Crippen LogP contribution in [0.25, 0.3) is 0 Å². The Morgan fingerprint density at radius 2 is 2.06 bits per heavy atom. The summed E-state index contributed by atoms with van der Waals surface area (Å²) in [4.78, 5) is 0.0831. The first kappa shape index (κ1) is 10.7. The standard InChI is InChI=1S/C8H9N5O2S/c9-16(14,15)7-4-2-1-3-6(7)5-8-10-12-13-11-8/h1-4H,5H2,(H2,9,14,15)(H,10,11,12,13). The van der Waals surface area contributed by atoms with E-state index in [1.165, 1.54) is 6.07 Å². The lowest BCUT2D eigenvalue weighted by atomic mass is 10.1. The smallest absolute Gasteiger partial charge is 0.225 e. The first-order chi connectivity index (χ1) is 7.57. The van der Waals surface area contributed by atoms with Gasteiger partial charge in [-0.05, 0) is 11.6 Å². The molecular formula is C8H9N5O2S. The van der Waals surface area contributed by atoms with E-state index in [-0.39, 0.29) is 11.3 Å². The van der Waals surface area contributed by atoms with Crippen molar-refractivity contribution in [2.45, 2.75) is 11.3 Å². The van der Waals surface area contributed by atoms with Crippen LogP contribution >= 0.6 is 0 Å². The third-order valence-corrected chi connectivity index (χ3v) is 3.03. The van der Waals surface area contributed by atoms with Gasteiger partial charge in [0.15, 0.2) is 5.82 Å². The largest absolute Gasteiger partial charge is 0.238 e. The van der Waals surface area contributed by atoms with Crippen molar-refractivity contribution in [2.75, 3.05) is 0 Å². The Hall–Kier alpha value is -1.80. The summed E-state index contributed by atoms with van der Waals surface area (Å²) in [6.07, 6.45) is 0.267. The van der Waals surface area contributed by atoms with Crippen LogP contribution in [-0.2, 0) is 16.4 Å². The maximum Gasteiger partial charge on any atom is 0.238 e. The molecule has 2 rings (SSSR count). The van der Waals surface area contributed by atoms with E-state index in [2.05, 4.69) is 20.6 Å². The molecular weight excluding hydrogens is 230 g/mol. The minimum absolute atomic E-state index is 0.0831. The molecule has 8 heteroatoms. The molecule has 0 aliphatic heterocycles. The zero-order valence-electron chi connectivity index (χ0n) is 8.16. The van der Waals surface area contributed by atoms with Crippen LogP contribution in [0.5, 0.6) is 0 Å². The number of nitrogens with one attached hydrogen (secondary N) is 1. The predicted molar refractivity (Wildman–Crippen MR) is 54.8 cm³/mol. The van der Waals surface area contributed by atoms with Gasteiger partial charge in [-0.1, -0.05) is 23.4 Å². The Balaban J connectivity index is 2.42. The highest BCUT2D eigenvalue weighted by molar-refractivity contribution is 7.89. The Morgan fingerprint density at radius 3 is 2.69 bits per heavy atom. The number of rotatable bonds is 3. The van der Waals surface area contributed by atoms with Gasteiger partial charge in [0.25, 0.3) is 0 Å². The number of primary sulfonamides is 1. The lowest BCUT2D eigenvalue weighted by Gasteiger charge is -2.04. The molecule has 0 aliphatic rings. The number of hydrogen-bond donors (Lipinski definition) is 2. The van der Waals surface area contributed by atoms with E-state index in [0.717, 1.165) is 0 Å². The second kappa shape index (κ2) is 3.99. The third kappa shape index (κ3) is 2.23. The van der Waals surface area contributed by atoms with E-state index in [4.69, 9.17) is 5.14 Å². The van der Waals surface area contributed by atoms with Crippen LogP contribution in [0.3, 0.4) is 0 Å². The van der Waals surface area contributed by atoms with Crippen molar-refractivity contribution < 1.29 is 8.42 Å². The zero-order chi connectivity index (χ0) is 11.6. The molecule has 3 N–H and O–H groups in total. The van der Waals surface area contributed by atoms with Gasteiger partial charge >= 0.3 is 0 Å². The summed E-state index contributed by atoms with van der Waals surface area (Å²) in [5.74, 6) is 0.413. The average Bonchev–Trinajstić information content (AvgIpc) is 2.70. The van der Waals surface area contributed by atoms with E-state index in [1.807, 2.05) is 0 Å². The fourth-order valence-corrected chi connectivity index (χ4v) is 2.13. The van der Waals surface area contributed by atoms with Crippen LogP contribution in [0, 0.1) is 0 Å². The molecule has 0 saturated carbocycles.